The van der Waals surface area contributed by atoms with E-state index in [2.05, 4.69) is 9.97 Å². The monoisotopic (exact) mass is 227 g/mol. The van der Waals surface area contributed by atoms with Crippen molar-refractivity contribution in [1.29, 1.82) is 0 Å². The molecule has 0 saturated carbocycles. The Morgan fingerprint density at radius 2 is 2.18 bits per heavy atom. The Morgan fingerprint density at radius 1 is 1.35 bits per heavy atom. The Morgan fingerprint density at radius 3 is 2.88 bits per heavy atom. The van der Waals surface area contributed by atoms with Gasteiger partial charge in [-0.05, 0) is 36.8 Å². The van der Waals surface area contributed by atoms with Gasteiger partial charge in [-0.2, -0.15) is 0 Å². The first-order chi connectivity index (χ1) is 8.15. The predicted molar refractivity (Wildman–Crippen MR) is 64.5 cm³/mol. The normalized spacial score (nSPS) is 10.2. The summed E-state index contributed by atoms with van der Waals surface area (Å²) in [6.45, 7) is 1.95. The summed E-state index contributed by atoms with van der Waals surface area (Å²) in [6, 6.07) is 9.43. The number of pyridine rings is 2. The number of nitrogens with two attached hydrogens (primary N) is 1. The van der Waals surface area contributed by atoms with Crippen molar-refractivity contribution in [2.24, 2.45) is 5.73 Å². The fourth-order valence-electron chi connectivity index (χ4n) is 1.63. The number of carbonyl (C=O) groups excluding carboxylic acids is 1. The summed E-state index contributed by atoms with van der Waals surface area (Å²) in [6.07, 6.45) is 2.26. The van der Waals surface area contributed by atoms with Crippen LogP contribution >= 0.6 is 0 Å². The van der Waals surface area contributed by atoms with Crippen LogP contribution < -0.4 is 5.73 Å². The Labute approximate surface area is 99.5 Å². The van der Waals surface area contributed by atoms with Crippen LogP contribution in [0.1, 0.15) is 27.4 Å². The van der Waals surface area contributed by atoms with Crippen LogP contribution in [0.4, 0.5) is 0 Å². The topological polar surface area (TPSA) is 68.9 Å². The van der Waals surface area contributed by atoms with E-state index >= 15 is 0 Å². The van der Waals surface area contributed by atoms with Crippen molar-refractivity contribution in [2.45, 2.75) is 13.3 Å². The molecule has 2 aromatic heterocycles. The molecule has 86 valence electrons. The third-order valence-corrected chi connectivity index (χ3v) is 2.41. The molecule has 4 nitrogen and oxygen atoms in total. The smallest absolute Gasteiger partial charge is 0.267 e. The lowest BCUT2D eigenvalue weighted by Crippen LogP contribution is -2.13. The minimum absolute atomic E-state index is 0.287. The number of primary amides is 1. The summed E-state index contributed by atoms with van der Waals surface area (Å²) in [5.74, 6) is -0.510. The van der Waals surface area contributed by atoms with Crippen LogP contribution in [0.25, 0.3) is 0 Å². The van der Waals surface area contributed by atoms with Crippen LogP contribution in [0.2, 0.25) is 0 Å². The van der Waals surface area contributed by atoms with Crippen molar-refractivity contribution in [1.82, 2.24) is 9.97 Å². The molecule has 0 aliphatic heterocycles. The van der Waals surface area contributed by atoms with E-state index < -0.39 is 5.91 Å². The maximum atomic E-state index is 11.0. The number of hydrogen-bond donors (Lipinski definition) is 1. The van der Waals surface area contributed by atoms with E-state index in [0.29, 0.717) is 6.42 Å². The second-order valence-electron chi connectivity index (χ2n) is 3.86. The highest BCUT2D eigenvalue weighted by molar-refractivity contribution is 5.90. The van der Waals surface area contributed by atoms with Crippen molar-refractivity contribution in [2.75, 3.05) is 0 Å². The van der Waals surface area contributed by atoms with Gasteiger partial charge >= 0.3 is 0 Å². The molecule has 0 aromatic carbocycles. The number of aromatic nitrogens is 2. The van der Waals surface area contributed by atoms with Crippen LogP contribution in [-0.4, -0.2) is 15.9 Å². The van der Waals surface area contributed by atoms with Gasteiger partial charge in [0.05, 0.1) is 0 Å². The van der Waals surface area contributed by atoms with Gasteiger partial charge in [-0.1, -0.05) is 6.07 Å². The molecular weight excluding hydrogens is 214 g/mol. The summed E-state index contributed by atoms with van der Waals surface area (Å²) >= 11 is 0. The molecule has 2 N–H and O–H groups in total. The number of aryl methyl sites for hydroxylation is 1. The first-order valence-electron chi connectivity index (χ1n) is 5.32. The van der Waals surface area contributed by atoms with Crippen LogP contribution in [0, 0.1) is 6.92 Å². The SMILES string of the molecule is Cc1cccc(Cc2ccnc(C(N)=O)c2)n1. The molecule has 0 bridgehead atoms. The molecule has 17 heavy (non-hydrogen) atoms. The zero-order chi connectivity index (χ0) is 12.3. The molecule has 2 heterocycles. The van der Waals surface area contributed by atoms with Crippen LogP contribution in [0.15, 0.2) is 36.5 Å². The van der Waals surface area contributed by atoms with Gasteiger partial charge in [0.15, 0.2) is 0 Å². The molecule has 0 spiro atoms. The lowest BCUT2D eigenvalue weighted by Gasteiger charge is -2.03. The Balaban J connectivity index is 2.24. The Kier molecular flexibility index (Phi) is 3.14. The van der Waals surface area contributed by atoms with Gasteiger partial charge in [-0.25, -0.2) is 0 Å². The Bertz CT molecular complexity index is 552. The van der Waals surface area contributed by atoms with E-state index in [-0.39, 0.29) is 5.69 Å². The zero-order valence-corrected chi connectivity index (χ0v) is 9.55. The quantitative estimate of drug-likeness (QED) is 0.863. The van der Waals surface area contributed by atoms with Gasteiger partial charge in [-0.3, -0.25) is 14.8 Å². The average molecular weight is 227 g/mol. The molecule has 0 fully saturated rings. The van der Waals surface area contributed by atoms with E-state index in [1.165, 1.54) is 0 Å². The first kappa shape index (κ1) is 11.3. The summed E-state index contributed by atoms with van der Waals surface area (Å²) in [5, 5.41) is 0. The number of carbonyl (C=O) groups is 1. The zero-order valence-electron chi connectivity index (χ0n) is 9.55. The van der Waals surface area contributed by atoms with Gasteiger partial charge in [0.1, 0.15) is 5.69 Å². The minimum atomic E-state index is -0.510. The largest absolute Gasteiger partial charge is 0.364 e. The fourth-order valence-corrected chi connectivity index (χ4v) is 1.63. The highest BCUT2D eigenvalue weighted by Crippen LogP contribution is 2.08. The lowest BCUT2D eigenvalue weighted by molar-refractivity contribution is 0.0995. The summed E-state index contributed by atoms with van der Waals surface area (Å²) in [7, 11) is 0. The lowest BCUT2D eigenvalue weighted by atomic mass is 10.1. The van der Waals surface area contributed by atoms with Crippen molar-refractivity contribution in [3.8, 4) is 0 Å². The summed E-state index contributed by atoms with van der Waals surface area (Å²) in [5.41, 5.74) is 8.39. The third kappa shape index (κ3) is 2.87. The second-order valence-corrected chi connectivity index (χ2v) is 3.86. The maximum absolute atomic E-state index is 11.0. The van der Waals surface area contributed by atoms with Gasteiger partial charge in [0, 0.05) is 24.0 Å². The van der Waals surface area contributed by atoms with E-state index in [0.717, 1.165) is 17.0 Å². The average Bonchev–Trinajstić information content (AvgIpc) is 2.29. The second kappa shape index (κ2) is 4.74. The molecule has 4 heteroatoms. The van der Waals surface area contributed by atoms with Crippen molar-refractivity contribution < 1.29 is 4.79 Å². The molecule has 0 radical (unpaired) electrons. The van der Waals surface area contributed by atoms with E-state index in [9.17, 15) is 4.79 Å². The first-order valence-corrected chi connectivity index (χ1v) is 5.32. The van der Waals surface area contributed by atoms with E-state index in [4.69, 9.17) is 5.73 Å². The number of hydrogen-bond acceptors (Lipinski definition) is 3. The molecule has 0 atom stereocenters. The molecule has 2 aromatic rings. The van der Waals surface area contributed by atoms with Crippen LogP contribution in [0.5, 0.6) is 0 Å². The highest BCUT2D eigenvalue weighted by atomic mass is 16.1. The van der Waals surface area contributed by atoms with E-state index in [1.807, 2.05) is 31.2 Å². The highest BCUT2D eigenvalue weighted by Gasteiger charge is 2.04. The van der Waals surface area contributed by atoms with Gasteiger partial charge < -0.3 is 5.73 Å². The third-order valence-electron chi connectivity index (χ3n) is 2.41. The number of amides is 1. The Hall–Kier alpha value is -2.23. The predicted octanol–water partition coefficient (Wildman–Crippen LogP) is 1.47. The van der Waals surface area contributed by atoms with Gasteiger partial charge in [0.25, 0.3) is 5.91 Å². The number of nitrogens with zero attached hydrogens (tertiary/aromatic N) is 2. The molecule has 0 aliphatic carbocycles. The number of rotatable bonds is 3. The molecule has 1 amide bonds. The molecule has 2 rings (SSSR count). The fraction of sp³-hybridized carbons (Fsp3) is 0.154. The van der Waals surface area contributed by atoms with Crippen LogP contribution in [0.3, 0.4) is 0 Å². The minimum Gasteiger partial charge on any atom is -0.364 e. The van der Waals surface area contributed by atoms with Gasteiger partial charge in [-0.15, -0.1) is 0 Å². The standard InChI is InChI=1S/C13H13N3O/c1-9-3-2-4-11(16-9)7-10-5-6-15-12(8-10)13(14)17/h2-6,8H,7H2,1H3,(H2,14,17). The van der Waals surface area contributed by atoms with Crippen LogP contribution in [-0.2, 0) is 6.42 Å². The van der Waals surface area contributed by atoms with Gasteiger partial charge in [0.2, 0.25) is 0 Å². The molecule has 0 saturated heterocycles. The summed E-state index contributed by atoms with van der Waals surface area (Å²) < 4.78 is 0. The van der Waals surface area contributed by atoms with Crippen molar-refractivity contribution in [3.63, 3.8) is 0 Å². The van der Waals surface area contributed by atoms with Crippen molar-refractivity contribution in [3.05, 3.63) is 59.2 Å². The molecule has 0 unspecified atom stereocenters. The molecular formula is C13H13N3O. The van der Waals surface area contributed by atoms with E-state index in [1.54, 1.807) is 12.3 Å². The van der Waals surface area contributed by atoms with Crippen molar-refractivity contribution >= 4 is 5.91 Å². The molecule has 0 aliphatic rings. The maximum Gasteiger partial charge on any atom is 0.267 e. The summed E-state index contributed by atoms with van der Waals surface area (Å²) in [4.78, 5) is 19.3.